The lowest BCUT2D eigenvalue weighted by atomic mass is 10.2. The molecular weight excluding hydrogens is 304 g/mol. The number of carboxylic acid groups (broad SMARTS) is 1. The fourth-order valence-electron chi connectivity index (χ4n) is 1.69. The SMILES string of the molecule is COc1cc(OC)cc(C(=O)N/N=C/c2ccc(C(=O)O)o2)c1. The number of amides is 1. The topological polar surface area (TPSA) is 110 Å². The second-order valence-electron chi connectivity index (χ2n) is 4.31. The van der Waals surface area contributed by atoms with Gasteiger partial charge < -0.3 is 19.0 Å². The normalized spacial score (nSPS) is 10.5. The van der Waals surface area contributed by atoms with Crippen LogP contribution in [-0.2, 0) is 0 Å². The Bertz CT molecular complexity index is 728. The highest BCUT2D eigenvalue weighted by Crippen LogP contribution is 2.22. The van der Waals surface area contributed by atoms with Gasteiger partial charge in [-0.25, -0.2) is 10.2 Å². The van der Waals surface area contributed by atoms with Gasteiger partial charge in [0.15, 0.2) is 0 Å². The van der Waals surface area contributed by atoms with E-state index in [0.717, 1.165) is 0 Å². The van der Waals surface area contributed by atoms with Gasteiger partial charge >= 0.3 is 5.97 Å². The van der Waals surface area contributed by atoms with Gasteiger partial charge in [0.1, 0.15) is 17.3 Å². The number of carbonyl (C=O) groups excluding carboxylic acids is 1. The number of carbonyl (C=O) groups is 2. The van der Waals surface area contributed by atoms with Crippen LogP contribution in [0.15, 0.2) is 39.9 Å². The van der Waals surface area contributed by atoms with Gasteiger partial charge in [0.05, 0.1) is 20.4 Å². The Hall–Kier alpha value is -3.29. The van der Waals surface area contributed by atoms with Crippen LogP contribution in [0.1, 0.15) is 26.7 Å². The van der Waals surface area contributed by atoms with Crippen molar-refractivity contribution in [3.8, 4) is 11.5 Å². The van der Waals surface area contributed by atoms with Gasteiger partial charge in [-0.2, -0.15) is 5.10 Å². The van der Waals surface area contributed by atoms with E-state index in [1.54, 1.807) is 6.07 Å². The van der Waals surface area contributed by atoms with Gasteiger partial charge in [-0.3, -0.25) is 4.79 Å². The van der Waals surface area contributed by atoms with Crippen LogP contribution in [0.4, 0.5) is 0 Å². The van der Waals surface area contributed by atoms with Crippen molar-refractivity contribution in [1.29, 1.82) is 0 Å². The standard InChI is InChI=1S/C15H14N2O6/c1-21-11-5-9(6-12(7-11)22-2)14(18)17-16-8-10-3-4-13(23-10)15(19)20/h3-8H,1-2H3,(H,17,18)(H,19,20)/b16-8+. The summed E-state index contributed by atoms with van der Waals surface area (Å²) in [6, 6.07) is 7.41. The lowest BCUT2D eigenvalue weighted by Gasteiger charge is -2.07. The summed E-state index contributed by atoms with van der Waals surface area (Å²) in [7, 11) is 2.96. The first-order chi connectivity index (χ1) is 11.0. The smallest absolute Gasteiger partial charge is 0.371 e. The molecule has 0 saturated carbocycles. The zero-order valence-corrected chi connectivity index (χ0v) is 12.4. The lowest BCUT2D eigenvalue weighted by molar-refractivity contribution is 0.0662. The molecule has 2 N–H and O–H groups in total. The highest BCUT2D eigenvalue weighted by atomic mass is 16.5. The molecule has 2 rings (SSSR count). The second kappa shape index (κ2) is 7.12. The summed E-state index contributed by atoms with van der Waals surface area (Å²) in [5, 5.41) is 12.4. The molecule has 120 valence electrons. The van der Waals surface area contributed by atoms with Gasteiger partial charge in [-0.1, -0.05) is 0 Å². The number of benzene rings is 1. The van der Waals surface area contributed by atoms with Gasteiger partial charge in [0, 0.05) is 11.6 Å². The fourth-order valence-corrected chi connectivity index (χ4v) is 1.69. The minimum atomic E-state index is -1.18. The molecule has 0 spiro atoms. The van der Waals surface area contributed by atoms with Crippen molar-refractivity contribution in [3.05, 3.63) is 47.4 Å². The van der Waals surface area contributed by atoms with Crippen LogP contribution >= 0.6 is 0 Å². The highest BCUT2D eigenvalue weighted by Gasteiger charge is 2.10. The molecule has 0 aliphatic carbocycles. The maximum Gasteiger partial charge on any atom is 0.371 e. The molecule has 8 nitrogen and oxygen atoms in total. The summed E-state index contributed by atoms with van der Waals surface area (Å²) in [5.41, 5.74) is 2.60. The van der Waals surface area contributed by atoms with E-state index in [2.05, 4.69) is 10.5 Å². The molecule has 1 aromatic heterocycles. The third kappa shape index (κ3) is 4.10. The molecule has 0 radical (unpaired) electrons. The van der Waals surface area contributed by atoms with Crippen LogP contribution < -0.4 is 14.9 Å². The zero-order chi connectivity index (χ0) is 16.8. The maximum absolute atomic E-state index is 12.0. The molecule has 1 amide bonds. The van der Waals surface area contributed by atoms with Crippen LogP contribution in [0.5, 0.6) is 11.5 Å². The molecule has 0 saturated heterocycles. The molecule has 1 aromatic carbocycles. The number of nitrogens with zero attached hydrogens (tertiary/aromatic N) is 1. The summed E-state index contributed by atoms with van der Waals surface area (Å²) in [5.74, 6) is -0.743. The number of hydrogen-bond acceptors (Lipinski definition) is 6. The quantitative estimate of drug-likeness (QED) is 0.620. The van der Waals surface area contributed by atoms with Crippen molar-refractivity contribution in [2.75, 3.05) is 14.2 Å². The minimum absolute atomic E-state index is 0.200. The van der Waals surface area contributed by atoms with Crippen molar-refractivity contribution < 1.29 is 28.6 Å². The van der Waals surface area contributed by atoms with Crippen LogP contribution in [-0.4, -0.2) is 37.4 Å². The number of furan rings is 1. The first kappa shape index (κ1) is 16.1. The molecule has 1 heterocycles. The van der Waals surface area contributed by atoms with Gasteiger partial charge in [0.25, 0.3) is 5.91 Å². The molecule has 23 heavy (non-hydrogen) atoms. The summed E-state index contributed by atoms with van der Waals surface area (Å²) in [4.78, 5) is 22.7. The first-order valence-corrected chi connectivity index (χ1v) is 6.43. The van der Waals surface area contributed by atoms with Crippen molar-refractivity contribution >= 4 is 18.1 Å². The highest BCUT2D eigenvalue weighted by molar-refractivity contribution is 5.95. The maximum atomic E-state index is 12.0. The average molecular weight is 318 g/mol. The summed E-state index contributed by atoms with van der Waals surface area (Å²) in [6.07, 6.45) is 1.20. The number of aromatic carboxylic acids is 1. The molecule has 0 atom stereocenters. The largest absolute Gasteiger partial charge is 0.497 e. The van der Waals surface area contributed by atoms with E-state index >= 15 is 0 Å². The minimum Gasteiger partial charge on any atom is -0.497 e. The molecule has 2 aromatic rings. The van der Waals surface area contributed by atoms with E-state index in [1.165, 1.54) is 44.7 Å². The average Bonchev–Trinajstić information content (AvgIpc) is 3.03. The van der Waals surface area contributed by atoms with E-state index in [4.69, 9.17) is 19.0 Å². The molecular formula is C15H14N2O6. The van der Waals surface area contributed by atoms with E-state index in [1.807, 2.05) is 0 Å². The van der Waals surface area contributed by atoms with E-state index < -0.39 is 11.9 Å². The third-order valence-corrected chi connectivity index (χ3v) is 2.81. The predicted molar refractivity (Wildman–Crippen MR) is 80.3 cm³/mol. The Kier molecular flexibility index (Phi) is 4.98. The molecule has 0 aliphatic rings. The van der Waals surface area contributed by atoms with Gasteiger partial charge in [-0.15, -0.1) is 0 Å². The predicted octanol–water partition coefficient (Wildman–Crippen LogP) is 1.76. The van der Waals surface area contributed by atoms with Crippen LogP contribution in [0.3, 0.4) is 0 Å². The van der Waals surface area contributed by atoms with Gasteiger partial charge in [-0.05, 0) is 24.3 Å². The number of methoxy groups -OCH3 is 2. The van der Waals surface area contributed by atoms with E-state index in [9.17, 15) is 9.59 Å². The van der Waals surface area contributed by atoms with Crippen molar-refractivity contribution in [2.45, 2.75) is 0 Å². The number of ether oxygens (including phenoxy) is 2. The lowest BCUT2D eigenvalue weighted by Crippen LogP contribution is -2.17. The Morgan fingerprint density at radius 2 is 1.83 bits per heavy atom. The molecule has 0 unspecified atom stereocenters. The van der Waals surface area contributed by atoms with Crippen molar-refractivity contribution in [3.63, 3.8) is 0 Å². The Morgan fingerprint density at radius 1 is 1.17 bits per heavy atom. The Labute approximate surface area is 131 Å². The molecule has 0 aliphatic heterocycles. The summed E-state index contributed by atoms with van der Waals surface area (Å²) in [6.45, 7) is 0. The zero-order valence-electron chi connectivity index (χ0n) is 12.4. The van der Waals surface area contributed by atoms with Crippen LogP contribution in [0.25, 0.3) is 0 Å². The molecule has 0 fully saturated rings. The summed E-state index contributed by atoms with van der Waals surface area (Å²) >= 11 is 0. The van der Waals surface area contributed by atoms with Crippen LogP contribution in [0.2, 0.25) is 0 Å². The van der Waals surface area contributed by atoms with E-state index in [-0.39, 0.29) is 11.5 Å². The third-order valence-electron chi connectivity index (χ3n) is 2.81. The first-order valence-electron chi connectivity index (χ1n) is 6.43. The number of hydrazone groups is 1. The van der Waals surface area contributed by atoms with Crippen molar-refractivity contribution in [1.82, 2.24) is 5.43 Å². The monoisotopic (exact) mass is 318 g/mol. The molecule has 0 bridgehead atoms. The Balaban J connectivity index is 2.06. The summed E-state index contributed by atoms with van der Waals surface area (Å²) < 4.78 is 15.1. The Morgan fingerprint density at radius 3 is 2.35 bits per heavy atom. The van der Waals surface area contributed by atoms with Gasteiger partial charge in [0.2, 0.25) is 5.76 Å². The number of nitrogens with one attached hydrogen (secondary N) is 1. The number of carboxylic acids is 1. The van der Waals surface area contributed by atoms with Crippen molar-refractivity contribution in [2.24, 2.45) is 5.10 Å². The van der Waals surface area contributed by atoms with Crippen LogP contribution in [0, 0.1) is 0 Å². The van der Waals surface area contributed by atoms with E-state index in [0.29, 0.717) is 17.1 Å². The number of hydrogen-bond donors (Lipinski definition) is 2. The molecule has 8 heteroatoms. The second-order valence-corrected chi connectivity index (χ2v) is 4.31. The number of rotatable bonds is 6. The fraction of sp³-hybridized carbons (Fsp3) is 0.133.